The molecule has 3 heterocycles. The Hall–Kier alpha value is -3.79. The highest BCUT2D eigenvalue weighted by atomic mass is 16.5. The standard InChI is InChI=1S/C22H17N3O4/c1-24-20(26)18-17(12-7-9-13(28-2)10-8-12)14(11-23)22-25(19(18)21(24)27)15-5-3-4-6-16(15)29-22/h3-10,17-19H,1-2H3/t17-,18-,19+/m0/s1. The Labute approximate surface area is 167 Å². The van der Waals surface area contributed by atoms with Crippen molar-refractivity contribution in [2.45, 2.75) is 12.0 Å². The summed E-state index contributed by atoms with van der Waals surface area (Å²) in [7, 11) is 3.06. The Balaban J connectivity index is 1.75. The minimum absolute atomic E-state index is 0.294. The molecule has 3 aliphatic rings. The minimum Gasteiger partial charge on any atom is -0.497 e. The van der Waals surface area contributed by atoms with Crippen LogP contribution < -0.4 is 14.4 Å². The number of likely N-dealkylation sites (tertiary alicyclic amines) is 1. The number of methoxy groups -OCH3 is 1. The monoisotopic (exact) mass is 387 g/mol. The van der Waals surface area contributed by atoms with Crippen LogP contribution in [0, 0.1) is 17.2 Å². The molecular weight excluding hydrogens is 370 g/mol. The number of ether oxygens (including phenoxy) is 2. The third-order valence-electron chi connectivity index (χ3n) is 5.86. The maximum Gasteiger partial charge on any atom is 0.252 e. The second-order valence-corrected chi connectivity index (χ2v) is 7.23. The normalized spacial score (nSPS) is 24.7. The van der Waals surface area contributed by atoms with E-state index in [4.69, 9.17) is 9.47 Å². The van der Waals surface area contributed by atoms with Crippen molar-refractivity contribution in [3.63, 3.8) is 0 Å². The molecule has 0 N–H and O–H groups in total. The molecule has 3 atom stereocenters. The second-order valence-electron chi connectivity index (χ2n) is 7.23. The molecule has 0 bridgehead atoms. The van der Waals surface area contributed by atoms with Crippen LogP contribution in [0.15, 0.2) is 60.0 Å². The van der Waals surface area contributed by atoms with Crippen molar-refractivity contribution in [1.82, 2.24) is 4.90 Å². The molecule has 7 heteroatoms. The maximum atomic E-state index is 13.1. The highest BCUT2D eigenvalue weighted by Gasteiger charge is 2.59. The molecule has 0 unspecified atom stereocenters. The lowest BCUT2D eigenvalue weighted by molar-refractivity contribution is -0.137. The number of nitriles is 1. The topological polar surface area (TPSA) is 82.9 Å². The summed E-state index contributed by atoms with van der Waals surface area (Å²) in [6.07, 6.45) is 0. The van der Waals surface area contributed by atoms with Gasteiger partial charge in [-0.25, -0.2) is 0 Å². The number of anilines is 1. The van der Waals surface area contributed by atoms with Gasteiger partial charge in [0, 0.05) is 13.0 Å². The molecule has 7 nitrogen and oxygen atoms in total. The lowest BCUT2D eigenvalue weighted by Crippen LogP contribution is -2.48. The Kier molecular flexibility index (Phi) is 3.65. The van der Waals surface area contributed by atoms with Crippen molar-refractivity contribution in [1.29, 1.82) is 5.26 Å². The van der Waals surface area contributed by atoms with Crippen molar-refractivity contribution < 1.29 is 19.1 Å². The zero-order valence-corrected chi connectivity index (χ0v) is 15.8. The number of imide groups is 1. The molecule has 0 aromatic heterocycles. The van der Waals surface area contributed by atoms with Gasteiger partial charge in [0.25, 0.3) is 5.91 Å². The van der Waals surface area contributed by atoms with Crippen molar-refractivity contribution in [3.8, 4) is 17.6 Å². The fourth-order valence-corrected chi connectivity index (χ4v) is 4.50. The molecule has 2 aromatic carbocycles. The number of nitrogens with zero attached hydrogens (tertiary/aromatic N) is 3. The van der Waals surface area contributed by atoms with Gasteiger partial charge >= 0.3 is 0 Å². The summed E-state index contributed by atoms with van der Waals surface area (Å²) in [5, 5.41) is 10.0. The Bertz CT molecular complexity index is 1120. The molecule has 3 aliphatic heterocycles. The number of para-hydroxylation sites is 2. The maximum absolute atomic E-state index is 13.1. The molecule has 29 heavy (non-hydrogen) atoms. The van der Waals surface area contributed by atoms with E-state index in [1.165, 1.54) is 7.05 Å². The van der Waals surface area contributed by atoms with E-state index in [9.17, 15) is 14.9 Å². The average molecular weight is 387 g/mol. The van der Waals surface area contributed by atoms with Crippen LogP contribution in [0.1, 0.15) is 11.5 Å². The van der Waals surface area contributed by atoms with Gasteiger partial charge in [-0.15, -0.1) is 0 Å². The summed E-state index contributed by atoms with van der Waals surface area (Å²) in [5.74, 6) is -0.326. The van der Waals surface area contributed by atoms with Gasteiger partial charge in [-0.05, 0) is 29.8 Å². The number of likely N-dealkylation sites (N-methyl/N-ethyl adjacent to an activating group) is 1. The molecule has 2 aromatic rings. The van der Waals surface area contributed by atoms with Crippen molar-refractivity contribution >= 4 is 17.5 Å². The van der Waals surface area contributed by atoms with E-state index in [1.54, 1.807) is 30.2 Å². The summed E-state index contributed by atoms with van der Waals surface area (Å²) in [5.41, 5.74) is 1.79. The van der Waals surface area contributed by atoms with Gasteiger partial charge in [0.05, 0.1) is 24.3 Å². The molecule has 0 spiro atoms. The number of benzene rings is 2. The number of carbonyl (C=O) groups is 2. The van der Waals surface area contributed by atoms with Crippen molar-refractivity contribution in [2.75, 3.05) is 19.1 Å². The van der Waals surface area contributed by atoms with Crippen LogP contribution in [0.5, 0.6) is 11.5 Å². The number of carbonyl (C=O) groups excluding carboxylic acids is 2. The van der Waals surface area contributed by atoms with Crippen LogP contribution in [0.4, 0.5) is 5.69 Å². The molecule has 0 aliphatic carbocycles. The summed E-state index contributed by atoms with van der Waals surface area (Å²) in [4.78, 5) is 29.0. The van der Waals surface area contributed by atoms with E-state index in [-0.39, 0.29) is 11.8 Å². The SMILES string of the molecule is COc1ccc([C@H]2C(C#N)=C3Oc4ccccc4N3[C@H]3C(=O)N(C)C(=O)[C@@H]23)cc1. The minimum atomic E-state index is -0.754. The Morgan fingerprint density at radius 2 is 1.79 bits per heavy atom. The third-order valence-corrected chi connectivity index (χ3v) is 5.86. The van der Waals surface area contributed by atoms with Crippen molar-refractivity contribution in [2.24, 2.45) is 5.92 Å². The van der Waals surface area contributed by atoms with E-state index in [0.29, 0.717) is 28.6 Å². The van der Waals surface area contributed by atoms with Gasteiger partial charge in [0.15, 0.2) is 5.75 Å². The first-order valence-electron chi connectivity index (χ1n) is 9.22. The predicted molar refractivity (Wildman–Crippen MR) is 103 cm³/mol. The van der Waals surface area contributed by atoms with Crippen LogP contribution in [-0.4, -0.2) is 36.9 Å². The van der Waals surface area contributed by atoms with Crippen LogP contribution in [0.25, 0.3) is 0 Å². The average Bonchev–Trinajstić information content (AvgIpc) is 3.24. The predicted octanol–water partition coefficient (Wildman–Crippen LogP) is 2.41. The lowest BCUT2D eigenvalue weighted by Gasteiger charge is -2.37. The summed E-state index contributed by atoms with van der Waals surface area (Å²) >= 11 is 0. The van der Waals surface area contributed by atoms with Crippen LogP contribution in [0.2, 0.25) is 0 Å². The molecule has 1 saturated heterocycles. The third kappa shape index (κ3) is 2.23. The molecule has 144 valence electrons. The summed E-state index contributed by atoms with van der Waals surface area (Å²) < 4.78 is 11.2. The molecule has 5 rings (SSSR count). The van der Waals surface area contributed by atoms with E-state index in [2.05, 4.69) is 6.07 Å². The number of fused-ring (bicyclic) bond motifs is 5. The summed E-state index contributed by atoms with van der Waals surface area (Å²) in [6, 6.07) is 16.0. The highest BCUT2D eigenvalue weighted by molar-refractivity contribution is 6.10. The highest BCUT2D eigenvalue weighted by Crippen LogP contribution is 2.53. The molecule has 1 fully saturated rings. The Morgan fingerprint density at radius 1 is 1.07 bits per heavy atom. The van der Waals surface area contributed by atoms with Gasteiger partial charge < -0.3 is 9.47 Å². The zero-order chi connectivity index (χ0) is 20.3. The number of hydrogen-bond donors (Lipinski definition) is 0. The first-order chi connectivity index (χ1) is 14.1. The Morgan fingerprint density at radius 3 is 2.48 bits per heavy atom. The van der Waals surface area contributed by atoms with Crippen molar-refractivity contribution in [3.05, 3.63) is 65.6 Å². The quantitative estimate of drug-likeness (QED) is 0.736. The smallest absolute Gasteiger partial charge is 0.252 e. The van der Waals surface area contributed by atoms with Gasteiger partial charge in [-0.1, -0.05) is 24.3 Å². The van der Waals surface area contributed by atoms with E-state index >= 15 is 0 Å². The van der Waals surface area contributed by atoms with Gasteiger partial charge in [0.1, 0.15) is 17.9 Å². The molecular formula is C22H17N3O4. The zero-order valence-electron chi connectivity index (χ0n) is 15.8. The number of allylic oxidation sites excluding steroid dienone is 1. The fraction of sp³-hybridized carbons (Fsp3) is 0.227. The fourth-order valence-electron chi connectivity index (χ4n) is 4.50. The largest absolute Gasteiger partial charge is 0.497 e. The molecule has 0 radical (unpaired) electrons. The van der Waals surface area contributed by atoms with E-state index < -0.39 is 17.9 Å². The summed E-state index contributed by atoms with van der Waals surface area (Å²) in [6.45, 7) is 0. The van der Waals surface area contributed by atoms with Crippen LogP contribution in [0.3, 0.4) is 0 Å². The first kappa shape index (κ1) is 17.3. The number of amides is 2. The first-order valence-corrected chi connectivity index (χ1v) is 9.22. The number of hydrogen-bond acceptors (Lipinski definition) is 6. The van der Waals surface area contributed by atoms with Gasteiger partial charge in [-0.3, -0.25) is 19.4 Å². The van der Waals surface area contributed by atoms with E-state index in [0.717, 1.165) is 10.5 Å². The van der Waals surface area contributed by atoms with Crippen LogP contribution in [-0.2, 0) is 9.59 Å². The van der Waals surface area contributed by atoms with Crippen LogP contribution >= 0.6 is 0 Å². The van der Waals surface area contributed by atoms with Gasteiger partial charge in [0.2, 0.25) is 11.8 Å². The van der Waals surface area contributed by atoms with Gasteiger partial charge in [-0.2, -0.15) is 5.26 Å². The molecule has 2 amide bonds. The second kappa shape index (κ2) is 6.11. The number of rotatable bonds is 2. The lowest BCUT2D eigenvalue weighted by atomic mass is 9.75. The van der Waals surface area contributed by atoms with E-state index in [1.807, 2.05) is 30.3 Å². The molecule has 0 saturated carbocycles.